The molecule has 7 nitrogen and oxygen atoms in total. The van der Waals surface area contributed by atoms with Crippen molar-refractivity contribution in [1.82, 2.24) is 0 Å². The van der Waals surface area contributed by atoms with Gasteiger partial charge in [0.15, 0.2) is 0 Å². The first kappa shape index (κ1) is 48.8. The maximum absolute atomic E-state index is 12.0. The molecule has 0 heterocycles. The molecule has 0 aromatic rings. The van der Waals surface area contributed by atoms with Gasteiger partial charge >= 0.3 is 11.9 Å². The number of ether oxygens (including phenoxy) is 2. The van der Waals surface area contributed by atoms with Crippen molar-refractivity contribution in [2.75, 3.05) is 13.2 Å². The summed E-state index contributed by atoms with van der Waals surface area (Å²) < 4.78 is 10.2. The zero-order valence-corrected chi connectivity index (χ0v) is 32.8. The largest absolute Gasteiger partial charge is 0.463 e. The van der Waals surface area contributed by atoms with E-state index in [1.54, 1.807) is 12.2 Å². The fourth-order valence-corrected chi connectivity index (χ4v) is 5.77. The monoisotopic (exact) mass is 719 g/mol. The van der Waals surface area contributed by atoms with E-state index in [0.717, 1.165) is 51.4 Å². The van der Waals surface area contributed by atoms with E-state index in [2.05, 4.69) is 13.8 Å². The molecule has 7 heteroatoms. The van der Waals surface area contributed by atoms with Crippen LogP contribution in [-0.4, -0.2) is 58.8 Å². The SMILES string of the molecule is CCCCCCCCCCCCCCCCCCCCC(=O)OC[C@H](O)COC(=O)CCC[C@@H](O)/C=C/C=C\C/C=C\C=C\[C@@H](O)CCCCC. The van der Waals surface area contributed by atoms with Crippen LogP contribution in [0.3, 0.4) is 0 Å². The van der Waals surface area contributed by atoms with E-state index in [4.69, 9.17) is 9.47 Å². The number of aliphatic hydroxyl groups is 3. The average molecular weight is 719 g/mol. The third-order valence-electron chi connectivity index (χ3n) is 9.03. The molecule has 296 valence electrons. The highest BCUT2D eigenvalue weighted by atomic mass is 16.6. The third-order valence-corrected chi connectivity index (χ3v) is 9.03. The number of rotatable bonds is 37. The second kappa shape index (κ2) is 39.0. The Morgan fingerprint density at radius 2 is 0.824 bits per heavy atom. The third kappa shape index (κ3) is 38.8. The summed E-state index contributed by atoms with van der Waals surface area (Å²) in [6, 6.07) is 0. The van der Waals surface area contributed by atoms with E-state index >= 15 is 0 Å². The summed E-state index contributed by atoms with van der Waals surface area (Å²) in [5.74, 6) is -0.781. The van der Waals surface area contributed by atoms with Crippen LogP contribution in [0.15, 0.2) is 48.6 Å². The Hall–Kier alpha value is -2.22. The first-order chi connectivity index (χ1) is 24.9. The van der Waals surface area contributed by atoms with Crippen LogP contribution >= 0.6 is 0 Å². The summed E-state index contributed by atoms with van der Waals surface area (Å²) in [5, 5.41) is 30.0. The smallest absolute Gasteiger partial charge is 0.305 e. The molecule has 0 aliphatic heterocycles. The highest BCUT2D eigenvalue weighted by Gasteiger charge is 2.12. The standard InChI is InChI=1S/C44H78O7/c1-3-5-7-8-9-10-11-12-13-14-15-16-17-18-19-23-26-30-36-43(48)50-38-42(47)39-51-44(49)37-31-35-41(46)34-29-25-22-20-21-24-28-33-40(45)32-27-6-4-2/h21-22,24-25,28-29,33-34,40-42,45-47H,3-20,23,26-27,30-32,35-39H2,1-2H3/b24-21-,25-22-,33-28+,34-29+/t40-,41-,42-/m0/s1. The first-order valence-electron chi connectivity index (χ1n) is 20.9. The number of esters is 2. The molecule has 3 atom stereocenters. The average Bonchev–Trinajstić information content (AvgIpc) is 3.12. The van der Waals surface area contributed by atoms with E-state index in [0.29, 0.717) is 19.3 Å². The van der Waals surface area contributed by atoms with E-state index in [-0.39, 0.29) is 31.7 Å². The minimum atomic E-state index is -1.05. The lowest BCUT2D eigenvalue weighted by Crippen LogP contribution is -2.25. The summed E-state index contributed by atoms with van der Waals surface area (Å²) in [6.07, 6.45) is 42.4. The second-order valence-electron chi connectivity index (χ2n) is 14.2. The van der Waals surface area contributed by atoms with Gasteiger partial charge in [0.1, 0.15) is 19.3 Å². The molecule has 0 rings (SSSR count). The minimum absolute atomic E-state index is 0.137. The molecule has 0 aliphatic rings. The van der Waals surface area contributed by atoms with Gasteiger partial charge in [-0.25, -0.2) is 0 Å². The van der Waals surface area contributed by atoms with Gasteiger partial charge in [-0.2, -0.15) is 0 Å². The Morgan fingerprint density at radius 1 is 0.471 bits per heavy atom. The van der Waals surface area contributed by atoms with Crippen LogP contribution < -0.4 is 0 Å². The van der Waals surface area contributed by atoms with Crippen molar-refractivity contribution in [3.8, 4) is 0 Å². The molecular formula is C44H78O7. The highest BCUT2D eigenvalue weighted by Crippen LogP contribution is 2.15. The summed E-state index contributed by atoms with van der Waals surface area (Å²) in [7, 11) is 0. The van der Waals surface area contributed by atoms with Crippen LogP contribution in [0.4, 0.5) is 0 Å². The van der Waals surface area contributed by atoms with Crippen molar-refractivity contribution >= 4 is 11.9 Å². The predicted molar refractivity (Wildman–Crippen MR) is 213 cm³/mol. The van der Waals surface area contributed by atoms with Crippen molar-refractivity contribution in [2.24, 2.45) is 0 Å². The van der Waals surface area contributed by atoms with Crippen LogP contribution in [0.1, 0.15) is 187 Å². The lowest BCUT2D eigenvalue weighted by atomic mass is 10.0. The van der Waals surface area contributed by atoms with E-state index < -0.39 is 18.2 Å². The molecule has 0 aromatic carbocycles. The lowest BCUT2D eigenvalue weighted by Gasteiger charge is -2.12. The lowest BCUT2D eigenvalue weighted by molar-refractivity contribution is -0.152. The zero-order valence-electron chi connectivity index (χ0n) is 32.8. The first-order valence-corrected chi connectivity index (χ1v) is 20.9. The topological polar surface area (TPSA) is 113 Å². The molecule has 0 aromatic heterocycles. The molecule has 0 fully saturated rings. The summed E-state index contributed by atoms with van der Waals surface area (Å²) in [6.45, 7) is 4.02. The number of carbonyl (C=O) groups is 2. The van der Waals surface area contributed by atoms with E-state index in [9.17, 15) is 24.9 Å². The summed E-state index contributed by atoms with van der Waals surface area (Å²) >= 11 is 0. The number of hydrogen-bond donors (Lipinski definition) is 3. The van der Waals surface area contributed by atoms with Crippen molar-refractivity contribution in [3.05, 3.63) is 48.6 Å². The van der Waals surface area contributed by atoms with Crippen LogP contribution in [-0.2, 0) is 19.1 Å². The van der Waals surface area contributed by atoms with Crippen LogP contribution in [0.2, 0.25) is 0 Å². The van der Waals surface area contributed by atoms with Gasteiger partial charge in [0, 0.05) is 12.8 Å². The molecule has 0 radical (unpaired) electrons. The van der Waals surface area contributed by atoms with Gasteiger partial charge in [-0.15, -0.1) is 0 Å². The Kier molecular flexibility index (Phi) is 37.3. The Morgan fingerprint density at radius 3 is 1.25 bits per heavy atom. The van der Waals surface area contributed by atoms with Crippen molar-refractivity contribution in [1.29, 1.82) is 0 Å². The number of hydrogen-bond acceptors (Lipinski definition) is 7. The molecule has 0 saturated carbocycles. The van der Waals surface area contributed by atoms with E-state index in [1.807, 2.05) is 36.5 Å². The highest BCUT2D eigenvalue weighted by molar-refractivity contribution is 5.69. The second-order valence-corrected chi connectivity index (χ2v) is 14.2. The van der Waals surface area contributed by atoms with Crippen LogP contribution in [0.5, 0.6) is 0 Å². The Balaban J connectivity index is 3.63. The molecule has 0 saturated heterocycles. The van der Waals surface area contributed by atoms with Crippen LogP contribution in [0, 0.1) is 0 Å². The van der Waals surface area contributed by atoms with E-state index in [1.165, 1.54) is 96.3 Å². The Labute approximate surface area is 313 Å². The molecule has 0 unspecified atom stereocenters. The van der Waals surface area contributed by atoms with Gasteiger partial charge in [0.05, 0.1) is 12.2 Å². The maximum Gasteiger partial charge on any atom is 0.305 e. The fraction of sp³-hybridized carbons (Fsp3) is 0.773. The van der Waals surface area contributed by atoms with Gasteiger partial charge in [-0.3, -0.25) is 9.59 Å². The van der Waals surface area contributed by atoms with Gasteiger partial charge in [0.2, 0.25) is 0 Å². The van der Waals surface area contributed by atoms with Gasteiger partial charge in [-0.1, -0.05) is 191 Å². The maximum atomic E-state index is 12.0. The zero-order chi connectivity index (χ0) is 37.5. The minimum Gasteiger partial charge on any atom is -0.463 e. The van der Waals surface area contributed by atoms with Crippen molar-refractivity contribution in [2.45, 2.75) is 206 Å². The van der Waals surface area contributed by atoms with Gasteiger partial charge in [-0.05, 0) is 32.1 Å². The molecule has 0 aliphatic carbocycles. The summed E-state index contributed by atoms with van der Waals surface area (Å²) in [4.78, 5) is 24.0. The van der Waals surface area contributed by atoms with Crippen LogP contribution in [0.25, 0.3) is 0 Å². The number of unbranched alkanes of at least 4 members (excludes halogenated alkanes) is 19. The molecule has 0 bridgehead atoms. The van der Waals surface area contributed by atoms with Crippen molar-refractivity contribution < 1.29 is 34.4 Å². The molecule has 0 amide bonds. The number of allylic oxidation sites excluding steroid dienone is 6. The summed E-state index contributed by atoms with van der Waals surface area (Å²) in [5.41, 5.74) is 0. The predicted octanol–water partition coefficient (Wildman–Crippen LogP) is 11.0. The molecular weight excluding hydrogens is 640 g/mol. The van der Waals surface area contributed by atoms with Crippen molar-refractivity contribution in [3.63, 3.8) is 0 Å². The molecule has 3 N–H and O–H groups in total. The Bertz CT molecular complexity index is 894. The fourth-order valence-electron chi connectivity index (χ4n) is 5.77. The molecule has 0 spiro atoms. The number of carbonyl (C=O) groups excluding carboxylic acids is 2. The quantitative estimate of drug-likeness (QED) is 0.0333. The number of aliphatic hydroxyl groups excluding tert-OH is 3. The normalized spacial score (nSPS) is 13.9. The van der Waals surface area contributed by atoms with Gasteiger partial charge < -0.3 is 24.8 Å². The van der Waals surface area contributed by atoms with Gasteiger partial charge in [0.25, 0.3) is 0 Å². The molecule has 51 heavy (non-hydrogen) atoms.